The molecule has 2 aliphatic rings. The first kappa shape index (κ1) is 20.4. The number of rotatable bonds is 4. The summed E-state index contributed by atoms with van der Waals surface area (Å²) in [5, 5.41) is 0. The van der Waals surface area contributed by atoms with Crippen LogP contribution in [0.15, 0.2) is 67.5 Å². The first-order chi connectivity index (χ1) is 15.6. The molecule has 0 N–H and O–H groups in total. The normalized spacial score (nSPS) is 22.6. The van der Waals surface area contributed by atoms with Crippen molar-refractivity contribution >= 4 is 11.8 Å². The molecular formula is C24H24FN5O2. The summed E-state index contributed by atoms with van der Waals surface area (Å²) in [7, 11) is 0. The second-order valence-corrected chi connectivity index (χ2v) is 8.45. The Morgan fingerprint density at radius 2 is 1.78 bits per heavy atom. The van der Waals surface area contributed by atoms with E-state index in [9.17, 15) is 14.0 Å². The molecule has 2 aromatic heterocycles. The van der Waals surface area contributed by atoms with Gasteiger partial charge in [0.1, 0.15) is 12.4 Å². The van der Waals surface area contributed by atoms with Gasteiger partial charge in [0, 0.05) is 67.9 Å². The summed E-state index contributed by atoms with van der Waals surface area (Å²) in [6, 6.07) is 10.00. The molecule has 7 nitrogen and oxygen atoms in total. The van der Waals surface area contributed by atoms with E-state index < -0.39 is 0 Å². The highest BCUT2D eigenvalue weighted by molar-refractivity contribution is 5.94. The zero-order valence-corrected chi connectivity index (χ0v) is 17.5. The van der Waals surface area contributed by atoms with Crippen molar-refractivity contribution < 1.29 is 14.0 Å². The fourth-order valence-corrected chi connectivity index (χ4v) is 5.05. The monoisotopic (exact) mass is 433 g/mol. The number of nitrogens with zero attached hydrogens (tertiary/aromatic N) is 5. The van der Waals surface area contributed by atoms with Gasteiger partial charge in [0.25, 0.3) is 5.91 Å². The molecule has 8 heteroatoms. The number of carbonyl (C=O) groups is 2. The van der Waals surface area contributed by atoms with Crippen LogP contribution in [0.3, 0.4) is 0 Å². The van der Waals surface area contributed by atoms with Crippen LogP contribution in [0.25, 0.3) is 0 Å². The van der Waals surface area contributed by atoms with E-state index in [0.717, 1.165) is 12.0 Å². The van der Waals surface area contributed by atoms with Gasteiger partial charge in [-0.25, -0.2) is 9.37 Å². The van der Waals surface area contributed by atoms with Crippen molar-refractivity contribution in [1.82, 2.24) is 24.3 Å². The van der Waals surface area contributed by atoms with Crippen molar-refractivity contribution in [3.05, 3.63) is 84.5 Å². The average molecular weight is 433 g/mol. The van der Waals surface area contributed by atoms with Crippen LogP contribution in [0, 0.1) is 11.7 Å². The number of pyridine rings is 1. The fourth-order valence-electron chi connectivity index (χ4n) is 5.05. The summed E-state index contributed by atoms with van der Waals surface area (Å²) < 4.78 is 15.3. The molecular weight excluding hydrogens is 409 g/mol. The number of fused-ring (bicyclic) bond motifs is 1. The zero-order chi connectivity index (χ0) is 22.1. The van der Waals surface area contributed by atoms with E-state index in [1.807, 2.05) is 9.80 Å². The third-order valence-corrected chi connectivity index (χ3v) is 6.65. The number of carbonyl (C=O) groups excluding carboxylic acids is 2. The minimum Gasteiger partial charge on any atom is -0.341 e. The number of benzene rings is 1. The lowest BCUT2D eigenvalue weighted by atomic mass is 9.81. The highest BCUT2D eigenvalue weighted by Gasteiger charge is 2.47. The predicted molar refractivity (Wildman–Crippen MR) is 115 cm³/mol. The summed E-state index contributed by atoms with van der Waals surface area (Å²) in [4.78, 5) is 38.1. The average Bonchev–Trinajstić information content (AvgIpc) is 3.47. The SMILES string of the molecule is O=C(Cn1ccnc1)N1CC[C@H]2[C@@H](C1)[C@H](c1ccc(F)cc1)CN2C(=O)c1ccncc1. The van der Waals surface area contributed by atoms with Crippen LogP contribution in [-0.2, 0) is 11.3 Å². The summed E-state index contributed by atoms with van der Waals surface area (Å²) in [6.45, 7) is 1.97. The van der Waals surface area contributed by atoms with Gasteiger partial charge in [-0.05, 0) is 36.2 Å². The molecule has 2 amide bonds. The molecule has 2 aliphatic heterocycles. The second kappa shape index (κ2) is 8.53. The van der Waals surface area contributed by atoms with E-state index in [2.05, 4.69) is 9.97 Å². The molecule has 3 aromatic rings. The highest BCUT2D eigenvalue weighted by atomic mass is 19.1. The Morgan fingerprint density at radius 1 is 1.00 bits per heavy atom. The van der Waals surface area contributed by atoms with E-state index in [4.69, 9.17) is 0 Å². The molecule has 0 radical (unpaired) electrons. The number of halogens is 1. The number of hydrogen-bond donors (Lipinski definition) is 0. The Labute approximate surface area is 185 Å². The van der Waals surface area contributed by atoms with Crippen LogP contribution >= 0.6 is 0 Å². The first-order valence-corrected chi connectivity index (χ1v) is 10.8. The Hall–Kier alpha value is -3.55. The van der Waals surface area contributed by atoms with E-state index >= 15 is 0 Å². The van der Waals surface area contributed by atoms with Crippen molar-refractivity contribution in [2.24, 2.45) is 5.92 Å². The molecule has 0 bridgehead atoms. The maximum Gasteiger partial charge on any atom is 0.254 e. The first-order valence-electron chi connectivity index (χ1n) is 10.8. The Balaban J connectivity index is 1.40. The van der Waals surface area contributed by atoms with Crippen molar-refractivity contribution in [2.75, 3.05) is 19.6 Å². The lowest BCUT2D eigenvalue weighted by Crippen LogP contribution is -2.50. The predicted octanol–water partition coefficient (Wildman–Crippen LogP) is 2.57. The molecule has 0 aliphatic carbocycles. The minimum absolute atomic E-state index is 0.0230. The number of imidazole rings is 1. The van der Waals surface area contributed by atoms with Crippen LogP contribution in [0.1, 0.15) is 28.3 Å². The molecule has 1 aromatic carbocycles. The molecule has 32 heavy (non-hydrogen) atoms. The van der Waals surface area contributed by atoms with Crippen molar-refractivity contribution in [2.45, 2.75) is 24.9 Å². The Kier molecular flexibility index (Phi) is 5.43. The minimum atomic E-state index is -0.284. The van der Waals surface area contributed by atoms with Gasteiger partial charge >= 0.3 is 0 Å². The topological polar surface area (TPSA) is 71.3 Å². The van der Waals surface area contributed by atoms with Gasteiger partial charge in [-0.1, -0.05) is 12.1 Å². The standard InChI is InChI=1S/C24H24FN5O2/c25-19-3-1-17(2-4-19)20-14-30(24(32)18-5-8-26-9-6-18)22-7-11-29(13-21(20)22)23(31)15-28-12-10-27-16-28/h1-6,8-10,12,16,20-22H,7,11,13-15H2/t20-,21-,22-/m0/s1. The van der Waals surface area contributed by atoms with Gasteiger partial charge < -0.3 is 14.4 Å². The van der Waals surface area contributed by atoms with Crippen LogP contribution in [-0.4, -0.2) is 61.8 Å². The summed E-state index contributed by atoms with van der Waals surface area (Å²) in [5.41, 5.74) is 1.60. The molecule has 0 saturated carbocycles. The number of amides is 2. The molecule has 2 fully saturated rings. The number of piperidine rings is 1. The largest absolute Gasteiger partial charge is 0.341 e. The highest BCUT2D eigenvalue weighted by Crippen LogP contribution is 2.42. The van der Waals surface area contributed by atoms with Crippen molar-refractivity contribution in [1.29, 1.82) is 0 Å². The van der Waals surface area contributed by atoms with Crippen LogP contribution < -0.4 is 0 Å². The molecule has 5 rings (SSSR count). The second-order valence-electron chi connectivity index (χ2n) is 8.45. The summed E-state index contributed by atoms with van der Waals surface area (Å²) in [5.74, 6) is -0.140. The molecule has 0 spiro atoms. The lowest BCUT2D eigenvalue weighted by Gasteiger charge is -2.39. The Morgan fingerprint density at radius 3 is 2.50 bits per heavy atom. The van der Waals surface area contributed by atoms with Gasteiger partial charge in [0.2, 0.25) is 5.91 Å². The molecule has 0 unspecified atom stereocenters. The third kappa shape index (κ3) is 3.88. The van der Waals surface area contributed by atoms with Gasteiger partial charge in [-0.2, -0.15) is 0 Å². The van der Waals surface area contributed by atoms with Crippen LogP contribution in [0.2, 0.25) is 0 Å². The number of likely N-dealkylation sites (tertiary alicyclic amines) is 2. The number of hydrogen-bond acceptors (Lipinski definition) is 4. The maximum absolute atomic E-state index is 13.6. The van der Waals surface area contributed by atoms with Crippen LogP contribution in [0.5, 0.6) is 0 Å². The summed E-state index contributed by atoms with van der Waals surface area (Å²) in [6.07, 6.45) is 9.02. The maximum atomic E-state index is 13.6. The van der Waals surface area contributed by atoms with Gasteiger partial charge in [-0.15, -0.1) is 0 Å². The van der Waals surface area contributed by atoms with Crippen molar-refractivity contribution in [3.63, 3.8) is 0 Å². The molecule has 4 heterocycles. The van der Waals surface area contributed by atoms with Crippen LogP contribution in [0.4, 0.5) is 4.39 Å². The van der Waals surface area contributed by atoms with Crippen molar-refractivity contribution in [3.8, 4) is 0 Å². The molecule has 164 valence electrons. The molecule has 3 atom stereocenters. The smallest absolute Gasteiger partial charge is 0.254 e. The summed E-state index contributed by atoms with van der Waals surface area (Å²) >= 11 is 0. The third-order valence-electron chi connectivity index (χ3n) is 6.65. The number of aromatic nitrogens is 3. The fraction of sp³-hybridized carbons (Fsp3) is 0.333. The Bertz CT molecular complexity index is 1090. The quantitative estimate of drug-likeness (QED) is 0.634. The van der Waals surface area contributed by atoms with E-state index in [1.54, 1.807) is 59.9 Å². The van der Waals surface area contributed by atoms with E-state index in [0.29, 0.717) is 25.2 Å². The lowest BCUT2D eigenvalue weighted by molar-refractivity contribution is -0.134. The van der Waals surface area contributed by atoms with Gasteiger partial charge in [0.15, 0.2) is 0 Å². The molecule has 2 saturated heterocycles. The van der Waals surface area contributed by atoms with E-state index in [-0.39, 0.29) is 42.1 Å². The van der Waals surface area contributed by atoms with Gasteiger partial charge in [0.05, 0.1) is 6.33 Å². The zero-order valence-electron chi connectivity index (χ0n) is 17.5. The van der Waals surface area contributed by atoms with E-state index in [1.165, 1.54) is 12.1 Å². The van der Waals surface area contributed by atoms with Gasteiger partial charge in [-0.3, -0.25) is 14.6 Å².